The maximum atomic E-state index is 12.5. The fraction of sp³-hybridized carbons (Fsp3) is 0.100. The van der Waals surface area contributed by atoms with Gasteiger partial charge in [-0.15, -0.1) is 0 Å². The van der Waals surface area contributed by atoms with E-state index in [1.54, 1.807) is 0 Å². The van der Waals surface area contributed by atoms with Crippen LogP contribution in [0.1, 0.15) is 22.3 Å². The van der Waals surface area contributed by atoms with Gasteiger partial charge in [-0.2, -0.15) is 0 Å². The van der Waals surface area contributed by atoms with E-state index in [4.69, 9.17) is 0 Å². The monoisotopic (exact) mass is 316 g/mol. The molecule has 0 aromatic heterocycles. The molecule has 4 heteroatoms. The Morgan fingerprint density at radius 2 is 1.08 bits per heavy atom. The van der Waals surface area contributed by atoms with E-state index in [1.165, 1.54) is 0 Å². The van der Waals surface area contributed by atoms with E-state index in [1.807, 2.05) is 62.4 Å². The van der Waals surface area contributed by atoms with Gasteiger partial charge in [0.15, 0.2) is 0 Å². The molecule has 0 fully saturated rings. The van der Waals surface area contributed by atoms with Crippen LogP contribution in [-0.2, 0) is 9.59 Å². The maximum Gasteiger partial charge on any atom is 0.258 e. The number of carbonyl (C=O) groups excluding carboxylic acids is 2. The zero-order valence-electron chi connectivity index (χ0n) is 13.4. The first kappa shape index (κ1) is 14.5. The third kappa shape index (κ3) is 2.15. The fourth-order valence-electron chi connectivity index (χ4n) is 3.22. The highest BCUT2D eigenvalue weighted by molar-refractivity contribution is 6.30. The minimum absolute atomic E-state index is 0.239. The molecule has 2 amide bonds. The highest BCUT2D eigenvalue weighted by atomic mass is 16.2. The summed E-state index contributed by atoms with van der Waals surface area (Å²) >= 11 is 0. The van der Waals surface area contributed by atoms with Crippen molar-refractivity contribution in [3.8, 4) is 0 Å². The van der Waals surface area contributed by atoms with Crippen LogP contribution in [0.2, 0.25) is 0 Å². The van der Waals surface area contributed by atoms with Crippen molar-refractivity contribution in [3.63, 3.8) is 0 Å². The Hall–Kier alpha value is -3.14. The molecule has 2 aliphatic rings. The lowest BCUT2D eigenvalue weighted by atomic mass is 10.0. The molecule has 24 heavy (non-hydrogen) atoms. The van der Waals surface area contributed by atoms with Gasteiger partial charge in [0, 0.05) is 0 Å². The number of benzene rings is 2. The number of amides is 2. The van der Waals surface area contributed by atoms with Crippen molar-refractivity contribution in [2.45, 2.75) is 13.8 Å². The highest BCUT2D eigenvalue weighted by Gasteiger charge is 2.40. The predicted molar refractivity (Wildman–Crippen MR) is 92.5 cm³/mol. The summed E-state index contributed by atoms with van der Waals surface area (Å²) in [4.78, 5) is 25.1. The van der Waals surface area contributed by atoms with Crippen molar-refractivity contribution in [2.24, 2.45) is 0 Å². The molecule has 0 saturated carbocycles. The fourth-order valence-corrected chi connectivity index (χ4v) is 3.22. The van der Waals surface area contributed by atoms with E-state index in [-0.39, 0.29) is 11.8 Å². The highest BCUT2D eigenvalue weighted by Crippen LogP contribution is 2.37. The number of aryl methyl sites for hydroxylation is 2. The van der Waals surface area contributed by atoms with Crippen molar-refractivity contribution >= 4 is 23.2 Å². The molecule has 0 bridgehead atoms. The van der Waals surface area contributed by atoms with Crippen LogP contribution in [0.4, 0.5) is 0 Å². The van der Waals surface area contributed by atoms with E-state index in [0.717, 1.165) is 22.3 Å². The zero-order chi connectivity index (χ0) is 16.8. The topological polar surface area (TPSA) is 58.2 Å². The molecule has 0 atom stereocenters. The van der Waals surface area contributed by atoms with Gasteiger partial charge < -0.3 is 10.6 Å². The largest absolute Gasteiger partial charge is 0.321 e. The lowest BCUT2D eigenvalue weighted by Gasteiger charge is -2.08. The Labute approximate surface area is 139 Å². The summed E-state index contributed by atoms with van der Waals surface area (Å²) in [6, 6.07) is 15.5. The summed E-state index contributed by atoms with van der Waals surface area (Å²) in [7, 11) is 0. The number of hydrogen-bond donors (Lipinski definition) is 2. The van der Waals surface area contributed by atoms with Gasteiger partial charge in [0.05, 0.1) is 22.5 Å². The van der Waals surface area contributed by atoms with Crippen LogP contribution in [0.5, 0.6) is 0 Å². The molecule has 2 N–H and O–H groups in total. The standard InChI is InChI=1S/C20H16N2O2/c1-11-5-3-7-13(9-11)17-15-16(20(24)21-17)18(22-19(15)23)14-8-4-6-12(2)10-14/h3-10H,1-2H3,(H,21,24)(H,22,23). The number of fused-ring (bicyclic) bond motifs is 1. The van der Waals surface area contributed by atoms with E-state index in [0.29, 0.717) is 22.5 Å². The summed E-state index contributed by atoms with van der Waals surface area (Å²) in [6.45, 7) is 3.96. The van der Waals surface area contributed by atoms with Gasteiger partial charge in [-0.25, -0.2) is 0 Å². The normalized spacial score (nSPS) is 16.4. The van der Waals surface area contributed by atoms with Crippen LogP contribution >= 0.6 is 0 Å². The predicted octanol–water partition coefficient (Wildman–Crippen LogP) is 2.69. The minimum Gasteiger partial charge on any atom is -0.321 e. The molecule has 0 unspecified atom stereocenters. The molecular formula is C20H16N2O2. The third-order valence-corrected chi connectivity index (χ3v) is 4.29. The summed E-state index contributed by atoms with van der Waals surface area (Å²) in [5.74, 6) is -0.479. The molecule has 0 saturated heterocycles. The Bertz CT molecular complexity index is 888. The van der Waals surface area contributed by atoms with E-state index in [2.05, 4.69) is 10.6 Å². The SMILES string of the molecule is Cc1cccc(C2=C3C(=O)NC(c4cccc(C)c4)=C3C(=O)N2)c1. The lowest BCUT2D eigenvalue weighted by molar-refractivity contribution is -0.117. The summed E-state index contributed by atoms with van der Waals surface area (Å²) in [6.07, 6.45) is 0. The average Bonchev–Trinajstić information content (AvgIpc) is 3.07. The first-order chi connectivity index (χ1) is 11.5. The summed E-state index contributed by atoms with van der Waals surface area (Å²) in [5.41, 5.74) is 5.86. The molecule has 2 aliphatic heterocycles. The van der Waals surface area contributed by atoms with Crippen LogP contribution in [-0.4, -0.2) is 11.8 Å². The molecule has 2 aromatic carbocycles. The van der Waals surface area contributed by atoms with Gasteiger partial charge in [-0.05, 0) is 37.1 Å². The average molecular weight is 316 g/mol. The first-order valence-electron chi connectivity index (χ1n) is 7.80. The second-order valence-electron chi connectivity index (χ2n) is 6.15. The van der Waals surface area contributed by atoms with Crippen molar-refractivity contribution in [1.29, 1.82) is 0 Å². The van der Waals surface area contributed by atoms with Crippen molar-refractivity contribution in [2.75, 3.05) is 0 Å². The lowest BCUT2D eigenvalue weighted by Crippen LogP contribution is -2.21. The molecular weight excluding hydrogens is 300 g/mol. The summed E-state index contributed by atoms with van der Waals surface area (Å²) in [5, 5.41) is 5.73. The zero-order valence-corrected chi connectivity index (χ0v) is 13.4. The van der Waals surface area contributed by atoms with Crippen LogP contribution < -0.4 is 10.6 Å². The molecule has 2 aromatic rings. The first-order valence-corrected chi connectivity index (χ1v) is 7.80. The van der Waals surface area contributed by atoms with Crippen LogP contribution in [0.25, 0.3) is 11.4 Å². The number of rotatable bonds is 2. The number of hydrogen-bond acceptors (Lipinski definition) is 2. The second kappa shape index (κ2) is 5.20. The Balaban J connectivity index is 1.92. The van der Waals surface area contributed by atoms with E-state index < -0.39 is 0 Å². The quantitative estimate of drug-likeness (QED) is 0.895. The van der Waals surface area contributed by atoms with Crippen LogP contribution in [0.3, 0.4) is 0 Å². The summed E-state index contributed by atoms with van der Waals surface area (Å²) < 4.78 is 0. The Kier molecular flexibility index (Phi) is 3.13. The smallest absolute Gasteiger partial charge is 0.258 e. The number of nitrogens with one attached hydrogen (secondary N) is 2. The van der Waals surface area contributed by atoms with Gasteiger partial charge >= 0.3 is 0 Å². The van der Waals surface area contributed by atoms with Gasteiger partial charge in [0.25, 0.3) is 11.8 Å². The molecule has 2 heterocycles. The van der Waals surface area contributed by atoms with Crippen molar-refractivity contribution in [1.82, 2.24) is 10.6 Å². The van der Waals surface area contributed by atoms with Gasteiger partial charge in [-0.3, -0.25) is 9.59 Å². The van der Waals surface area contributed by atoms with Gasteiger partial charge in [0.2, 0.25) is 0 Å². The van der Waals surface area contributed by atoms with Gasteiger partial charge in [-0.1, -0.05) is 47.5 Å². The molecule has 0 spiro atoms. The third-order valence-electron chi connectivity index (χ3n) is 4.29. The van der Waals surface area contributed by atoms with Crippen molar-refractivity contribution < 1.29 is 9.59 Å². The number of carbonyl (C=O) groups is 2. The second-order valence-corrected chi connectivity index (χ2v) is 6.15. The maximum absolute atomic E-state index is 12.5. The molecule has 0 aliphatic carbocycles. The minimum atomic E-state index is -0.239. The Morgan fingerprint density at radius 1 is 0.667 bits per heavy atom. The van der Waals surface area contributed by atoms with Crippen LogP contribution in [0.15, 0.2) is 59.7 Å². The molecule has 118 valence electrons. The van der Waals surface area contributed by atoms with Crippen molar-refractivity contribution in [3.05, 3.63) is 81.9 Å². The van der Waals surface area contributed by atoms with Crippen LogP contribution in [0, 0.1) is 13.8 Å². The Morgan fingerprint density at radius 3 is 1.46 bits per heavy atom. The van der Waals surface area contributed by atoms with E-state index in [9.17, 15) is 9.59 Å². The molecule has 4 rings (SSSR count). The molecule has 4 nitrogen and oxygen atoms in total. The van der Waals surface area contributed by atoms with Gasteiger partial charge in [0.1, 0.15) is 0 Å². The molecule has 0 radical (unpaired) electrons. The van der Waals surface area contributed by atoms with E-state index >= 15 is 0 Å².